The van der Waals surface area contributed by atoms with E-state index < -0.39 is 21.5 Å². The predicted octanol–water partition coefficient (Wildman–Crippen LogP) is 4.70. The van der Waals surface area contributed by atoms with Gasteiger partial charge in [0.2, 0.25) is 0 Å². The monoisotopic (exact) mass is 447 g/mol. The fourth-order valence-electron chi connectivity index (χ4n) is 3.63. The molecule has 1 saturated carbocycles. The normalized spacial score (nSPS) is 21.3. The van der Waals surface area contributed by atoms with E-state index in [-0.39, 0.29) is 16.5 Å². The summed E-state index contributed by atoms with van der Waals surface area (Å²) in [5.74, 6) is -1.51. The summed E-state index contributed by atoms with van der Waals surface area (Å²) in [5, 5.41) is 10.5. The highest BCUT2D eigenvalue weighted by Gasteiger charge is 2.66. The second kappa shape index (κ2) is 7.25. The molecule has 0 radical (unpaired) electrons. The summed E-state index contributed by atoms with van der Waals surface area (Å²) < 4.78 is 27.6. The fraction of sp³-hybridized carbons (Fsp3) is 0.190. The van der Waals surface area contributed by atoms with Crippen LogP contribution in [0.4, 0.5) is 0 Å². The van der Waals surface area contributed by atoms with Crippen molar-refractivity contribution in [3.63, 3.8) is 0 Å². The van der Waals surface area contributed by atoms with Crippen LogP contribution >= 0.6 is 22.9 Å². The number of carboxylic acids is 1. The molecule has 1 fully saturated rings. The number of nitrogens with zero attached hydrogens (tertiary/aromatic N) is 1. The molecule has 0 spiro atoms. The smallest absolute Gasteiger partial charge is 0.325 e. The van der Waals surface area contributed by atoms with Crippen molar-refractivity contribution in [2.45, 2.75) is 22.1 Å². The summed E-state index contributed by atoms with van der Waals surface area (Å²) in [6.45, 7) is 0. The number of carboxylic acid groups (broad SMARTS) is 1. The standard InChI is InChI=1S/C21H18ClNO4S2/c1-23(21(20(24)25)13-17(21)14-5-3-2-4-6-14)29(26,27)19-12-11-18(28-19)15-7-9-16(22)10-8-15/h2-12,17H,13H2,1H3,(H,24,25)/t17-,21-/m1/s1. The summed E-state index contributed by atoms with van der Waals surface area (Å²) in [6.07, 6.45) is 0.248. The van der Waals surface area contributed by atoms with E-state index in [2.05, 4.69) is 0 Å². The number of carbonyl (C=O) groups is 1. The van der Waals surface area contributed by atoms with Crippen LogP contribution in [-0.4, -0.2) is 36.4 Å². The molecule has 29 heavy (non-hydrogen) atoms. The third kappa shape index (κ3) is 3.38. The van der Waals surface area contributed by atoms with Crippen molar-refractivity contribution in [3.8, 4) is 10.4 Å². The minimum Gasteiger partial charge on any atom is -0.480 e. The van der Waals surface area contributed by atoms with Gasteiger partial charge in [-0.1, -0.05) is 54.1 Å². The third-order valence-corrected chi connectivity index (χ3v) is 9.14. The molecule has 1 aliphatic carbocycles. The lowest BCUT2D eigenvalue weighted by Gasteiger charge is -2.24. The summed E-state index contributed by atoms with van der Waals surface area (Å²) in [6, 6.07) is 19.5. The van der Waals surface area contributed by atoms with Crippen LogP contribution < -0.4 is 0 Å². The van der Waals surface area contributed by atoms with Crippen molar-refractivity contribution in [1.29, 1.82) is 0 Å². The molecule has 8 heteroatoms. The Morgan fingerprint density at radius 3 is 2.38 bits per heavy atom. The maximum Gasteiger partial charge on any atom is 0.325 e. The topological polar surface area (TPSA) is 74.7 Å². The van der Waals surface area contributed by atoms with E-state index in [4.69, 9.17) is 11.6 Å². The molecule has 0 unspecified atom stereocenters. The zero-order valence-electron chi connectivity index (χ0n) is 15.4. The Hall–Kier alpha value is -2.19. The highest BCUT2D eigenvalue weighted by atomic mass is 35.5. The van der Waals surface area contributed by atoms with Crippen LogP contribution in [0.2, 0.25) is 5.02 Å². The quantitative estimate of drug-likeness (QED) is 0.594. The Kier molecular flexibility index (Phi) is 5.02. The van der Waals surface area contributed by atoms with Gasteiger partial charge in [0, 0.05) is 22.9 Å². The number of benzene rings is 2. The molecule has 0 saturated heterocycles. The average molecular weight is 448 g/mol. The summed E-state index contributed by atoms with van der Waals surface area (Å²) in [7, 11) is -2.62. The van der Waals surface area contributed by atoms with E-state index in [1.54, 1.807) is 18.2 Å². The van der Waals surface area contributed by atoms with Gasteiger partial charge in [0.1, 0.15) is 9.75 Å². The van der Waals surface area contributed by atoms with Gasteiger partial charge in [-0.25, -0.2) is 8.42 Å². The van der Waals surface area contributed by atoms with Crippen molar-refractivity contribution >= 4 is 38.9 Å². The van der Waals surface area contributed by atoms with Crippen molar-refractivity contribution < 1.29 is 18.3 Å². The first-order chi connectivity index (χ1) is 13.8. The Morgan fingerprint density at radius 1 is 1.10 bits per heavy atom. The molecular formula is C21H18ClNO4S2. The number of likely N-dealkylation sites (N-methyl/N-ethyl adjacent to an activating group) is 1. The van der Waals surface area contributed by atoms with Crippen LogP contribution in [0, 0.1) is 0 Å². The maximum absolute atomic E-state index is 13.3. The number of thiophene rings is 1. The molecule has 4 rings (SSSR count). The molecular weight excluding hydrogens is 430 g/mol. The molecule has 150 valence electrons. The van der Waals surface area contributed by atoms with E-state index in [1.165, 1.54) is 13.1 Å². The van der Waals surface area contributed by atoms with Crippen LogP contribution in [0.3, 0.4) is 0 Å². The highest BCUT2D eigenvalue weighted by Crippen LogP contribution is 2.56. The van der Waals surface area contributed by atoms with Crippen molar-refractivity contribution in [3.05, 3.63) is 77.3 Å². The van der Waals surface area contributed by atoms with E-state index in [1.807, 2.05) is 42.5 Å². The molecule has 2 atom stereocenters. The van der Waals surface area contributed by atoms with Crippen LogP contribution in [-0.2, 0) is 14.8 Å². The molecule has 2 aromatic carbocycles. The van der Waals surface area contributed by atoms with Crippen LogP contribution in [0.15, 0.2) is 70.9 Å². The van der Waals surface area contributed by atoms with Gasteiger partial charge in [0.15, 0.2) is 0 Å². The molecule has 1 heterocycles. The van der Waals surface area contributed by atoms with E-state index in [0.717, 1.165) is 31.6 Å². The minimum absolute atomic E-state index is 0.115. The van der Waals surface area contributed by atoms with Crippen molar-refractivity contribution in [1.82, 2.24) is 4.31 Å². The van der Waals surface area contributed by atoms with Crippen molar-refractivity contribution in [2.24, 2.45) is 0 Å². The zero-order valence-corrected chi connectivity index (χ0v) is 17.8. The fourth-order valence-corrected chi connectivity index (χ4v) is 6.74. The Balaban J connectivity index is 1.66. The summed E-state index contributed by atoms with van der Waals surface area (Å²) in [5.41, 5.74) is 0.208. The van der Waals surface area contributed by atoms with E-state index in [9.17, 15) is 18.3 Å². The van der Waals surface area contributed by atoms with Crippen LogP contribution in [0.5, 0.6) is 0 Å². The maximum atomic E-state index is 13.3. The molecule has 5 nitrogen and oxygen atoms in total. The lowest BCUT2D eigenvalue weighted by molar-refractivity contribution is -0.142. The van der Waals surface area contributed by atoms with Gasteiger partial charge in [0.05, 0.1) is 0 Å². The molecule has 1 aliphatic rings. The lowest BCUT2D eigenvalue weighted by Crippen LogP contribution is -2.45. The number of aliphatic carboxylic acids is 1. The molecule has 1 N–H and O–H groups in total. The van der Waals surface area contributed by atoms with Gasteiger partial charge in [-0.15, -0.1) is 11.3 Å². The first kappa shape index (κ1) is 20.1. The largest absolute Gasteiger partial charge is 0.480 e. The first-order valence-corrected chi connectivity index (χ1v) is 11.5. The van der Waals surface area contributed by atoms with E-state index in [0.29, 0.717) is 5.02 Å². The Bertz CT molecular complexity index is 1160. The van der Waals surface area contributed by atoms with Gasteiger partial charge in [0.25, 0.3) is 10.0 Å². The predicted molar refractivity (Wildman–Crippen MR) is 114 cm³/mol. The number of hydrogen-bond donors (Lipinski definition) is 1. The van der Waals surface area contributed by atoms with Crippen LogP contribution in [0.25, 0.3) is 10.4 Å². The van der Waals surface area contributed by atoms with Gasteiger partial charge in [-0.3, -0.25) is 4.79 Å². The van der Waals surface area contributed by atoms with Crippen molar-refractivity contribution in [2.75, 3.05) is 7.05 Å². The zero-order chi connectivity index (χ0) is 20.8. The third-order valence-electron chi connectivity index (χ3n) is 5.39. The molecule has 3 aromatic rings. The molecule has 1 aromatic heterocycles. The van der Waals surface area contributed by atoms with Gasteiger partial charge < -0.3 is 5.11 Å². The Labute approximate surface area is 178 Å². The average Bonchev–Trinajstić information content (AvgIpc) is 3.28. The number of hydrogen-bond acceptors (Lipinski definition) is 4. The van der Waals surface area contributed by atoms with Gasteiger partial charge in [-0.2, -0.15) is 4.31 Å². The number of rotatable bonds is 6. The van der Waals surface area contributed by atoms with E-state index >= 15 is 0 Å². The number of sulfonamides is 1. The molecule has 0 amide bonds. The second-order valence-corrected chi connectivity index (χ2v) is 10.7. The molecule has 0 bridgehead atoms. The second-order valence-electron chi connectivity index (χ2n) is 6.99. The minimum atomic E-state index is -3.97. The highest BCUT2D eigenvalue weighted by molar-refractivity contribution is 7.91. The first-order valence-electron chi connectivity index (χ1n) is 8.90. The van der Waals surface area contributed by atoms with Gasteiger partial charge >= 0.3 is 5.97 Å². The van der Waals surface area contributed by atoms with Crippen LogP contribution in [0.1, 0.15) is 17.9 Å². The Morgan fingerprint density at radius 2 is 1.76 bits per heavy atom. The van der Waals surface area contributed by atoms with Gasteiger partial charge in [-0.05, 0) is 41.8 Å². The SMILES string of the molecule is CN([C@]1(C(=O)O)C[C@@H]1c1ccccc1)S(=O)(=O)c1ccc(-c2ccc(Cl)cc2)s1. The summed E-state index contributed by atoms with van der Waals surface area (Å²) >= 11 is 7.03. The number of halogens is 1. The molecule has 0 aliphatic heterocycles. The lowest BCUT2D eigenvalue weighted by atomic mass is 10.1. The summed E-state index contributed by atoms with van der Waals surface area (Å²) in [4.78, 5) is 12.9.